The Morgan fingerprint density at radius 1 is 1.08 bits per heavy atom. The molecule has 0 aliphatic heterocycles. The summed E-state index contributed by atoms with van der Waals surface area (Å²) in [5.74, 6) is -8.62. The lowest BCUT2D eigenvalue weighted by atomic mass is 9.94. The van der Waals surface area contributed by atoms with Crippen LogP contribution in [0.3, 0.4) is 0 Å². The smallest absolute Gasteiger partial charge is 0.437 e. The fourth-order valence-electron chi connectivity index (χ4n) is 3.33. The molecule has 0 aliphatic rings. The molecule has 0 radical (unpaired) electrons. The number of oxime groups is 1. The second-order valence-corrected chi connectivity index (χ2v) is 8.48. The molecule has 0 aliphatic carbocycles. The number of halogens is 5. The summed E-state index contributed by atoms with van der Waals surface area (Å²) in [5, 5.41) is 4.97. The van der Waals surface area contributed by atoms with Crippen LogP contribution in [0.15, 0.2) is 29.4 Å². The summed E-state index contributed by atoms with van der Waals surface area (Å²) in [6.45, 7) is 8.83. The molecule has 1 N–H and O–H groups in total. The van der Waals surface area contributed by atoms with Gasteiger partial charge in [-0.3, -0.25) is 9.78 Å². The highest BCUT2D eigenvalue weighted by atomic mass is 19.4. The van der Waals surface area contributed by atoms with Crippen molar-refractivity contribution in [1.29, 1.82) is 0 Å². The van der Waals surface area contributed by atoms with E-state index in [4.69, 9.17) is 9.57 Å². The first-order chi connectivity index (χ1) is 17.6. The Kier molecular flexibility index (Phi) is 9.76. The van der Waals surface area contributed by atoms with Crippen molar-refractivity contribution < 1.29 is 45.9 Å². The lowest BCUT2D eigenvalue weighted by molar-refractivity contribution is -0.269. The van der Waals surface area contributed by atoms with Gasteiger partial charge in [-0.1, -0.05) is 43.3 Å². The molecule has 1 heterocycles. The number of amides is 1. The molecule has 13 heteroatoms. The lowest BCUT2D eigenvalue weighted by Crippen LogP contribution is -2.52. The van der Waals surface area contributed by atoms with Gasteiger partial charge in [0.1, 0.15) is 12.4 Å². The van der Waals surface area contributed by atoms with Crippen molar-refractivity contribution in [2.24, 2.45) is 5.16 Å². The number of nitrogens with one attached hydrogen (secondary N) is 1. The Labute approximate surface area is 216 Å². The van der Waals surface area contributed by atoms with Crippen LogP contribution >= 0.6 is 0 Å². The second-order valence-electron chi connectivity index (χ2n) is 8.48. The Balaban J connectivity index is 2.45. The predicted octanol–water partition coefficient (Wildman–Crippen LogP) is 5.57. The number of nitrogens with zero attached hydrogens (tertiary/aromatic N) is 2. The molecule has 0 saturated heterocycles. The van der Waals surface area contributed by atoms with E-state index in [1.807, 2.05) is 13.8 Å². The van der Waals surface area contributed by atoms with Gasteiger partial charge in [0.15, 0.2) is 5.84 Å². The Hall–Kier alpha value is -3.77. The third-order valence-electron chi connectivity index (χ3n) is 5.42. The van der Waals surface area contributed by atoms with Gasteiger partial charge >= 0.3 is 24.2 Å². The number of pyridine rings is 1. The number of carbonyl (C=O) groups is 2. The Bertz CT molecular complexity index is 1200. The second kappa shape index (κ2) is 12.2. The molecule has 0 spiro atoms. The van der Waals surface area contributed by atoms with Crippen molar-refractivity contribution in [2.75, 3.05) is 13.7 Å². The highest BCUT2D eigenvalue weighted by molar-refractivity contribution is 6.09. The van der Waals surface area contributed by atoms with Crippen LogP contribution in [0.2, 0.25) is 0 Å². The molecule has 208 valence electrons. The molecule has 1 aromatic heterocycles. The average molecular weight is 546 g/mol. The fourth-order valence-corrected chi connectivity index (χ4v) is 3.33. The number of ether oxygens (including phenoxy) is 2. The van der Waals surface area contributed by atoms with E-state index in [1.165, 1.54) is 31.5 Å². The van der Waals surface area contributed by atoms with E-state index in [0.717, 1.165) is 0 Å². The number of amidine groups is 1. The van der Waals surface area contributed by atoms with Gasteiger partial charge in [-0.25, -0.2) is 4.79 Å². The largest absolute Gasteiger partial charge is 0.513 e. The van der Waals surface area contributed by atoms with Crippen LogP contribution in [-0.4, -0.2) is 48.7 Å². The van der Waals surface area contributed by atoms with Gasteiger partial charge in [-0.15, -0.1) is 0 Å². The first-order valence-electron chi connectivity index (χ1n) is 11.4. The number of hydrogen-bond acceptors (Lipinski definition) is 7. The van der Waals surface area contributed by atoms with Crippen LogP contribution in [0.5, 0.6) is 5.75 Å². The Morgan fingerprint density at radius 3 is 2.18 bits per heavy atom. The summed E-state index contributed by atoms with van der Waals surface area (Å²) < 4.78 is 74.8. The van der Waals surface area contributed by atoms with Gasteiger partial charge in [0.25, 0.3) is 0 Å². The summed E-state index contributed by atoms with van der Waals surface area (Å²) in [4.78, 5) is 33.0. The van der Waals surface area contributed by atoms with Gasteiger partial charge in [-0.05, 0) is 32.3 Å². The van der Waals surface area contributed by atoms with Crippen molar-refractivity contribution in [2.45, 2.75) is 59.1 Å². The van der Waals surface area contributed by atoms with E-state index in [2.05, 4.69) is 14.9 Å². The zero-order valence-electron chi connectivity index (χ0n) is 21.6. The minimum atomic E-state index is -6.09. The molecule has 38 heavy (non-hydrogen) atoms. The quantitative estimate of drug-likeness (QED) is 0.153. The van der Waals surface area contributed by atoms with E-state index >= 15 is 0 Å². The monoisotopic (exact) mass is 545 g/mol. The first-order valence-corrected chi connectivity index (χ1v) is 11.4. The third kappa shape index (κ3) is 6.95. The van der Waals surface area contributed by atoms with Crippen LogP contribution in [-0.2, 0) is 20.8 Å². The van der Waals surface area contributed by atoms with Gasteiger partial charge in [0.2, 0.25) is 0 Å². The number of hydrogen-bond donors (Lipinski definition) is 1. The molecule has 0 atom stereocenters. The maximum Gasteiger partial charge on any atom is 0.513 e. The molecule has 0 fully saturated rings. The molecular weight excluding hydrogens is 517 g/mol. The minimum Gasteiger partial charge on any atom is -0.437 e. The normalized spacial score (nSPS) is 12.4. The van der Waals surface area contributed by atoms with Crippen molar-refractivity contribution in [3.63, 3.8) is 0 Å². The van der Waals surface area contributed by atoms with Crippen LogP contribution in [0.25, 0.3) is 0 Å². The Morgan fingerprint density at radius 2 is 1.68 bits per heavy atom. The number of alkyl halides is 5. The van der Waals surface area contributed by atoms with Gasteiger partial charge in [0.05, 0.1) is 12.8 Å². The van der Waals surface area contributed by atoms with E-state index in [1.54, 1.807) is 26.0 Å². The zero-order chi connectivity index (χ0) is 28.8. The number of aryl methyl sites for hydroxylation is 1. The van der Waals surface area contributed by atoms with E-state index in [9.17, 15) is 31.5 Å². The number of carbonyl (C=O) groups excluding carboxylic acids is 2. The topological polar surface area (TPSA) is 99.1 Å². The lowest BCUT2D eigenvalue weighted by Gasteiger charge is -2.20. The van der Waals surface area contributed by atoms with Gasteiger partial charge in [-0.2, -0.15) is 22.0 Å². The third-order valence-corrected chi connectivity index (χ3v) is 5.42. The van der Waals surface area contributed by atoms with Crippen LogP contribution < -0.4 is 10.1 Å². The molecule has 0 saturated carbocycles. The summed E-state index contributed by atoms with van der Waals surface area (Å²) in [7, 11) is 1.18. The van der Waals surface area contributed by atoms with Crippen LogP contribution in [0.1, 0.15) is 60.3 Å². The number of rotatable bonds is 8. The average Bonchev–Trinajstić information content (AvgIpc) is 2.85. The van der Waals surface area contributed by atoms with Crippen LogP contribution in [0, 0.1) is 13.8 Å². The minimum absolute atomic E-state index is 0.0156. The number of aromatic nitrogens is 1. The highest BCUT2D eigenvalue weighted by Gasteiger charge is 2.63. The molecule has 0 unspecified atom stereocenters. The highest BCUT2D eigenvalue weighted by Crippen LogP contribution is 2.36. The summed E-state index contributed by atoms with van der Waals surface area (Å²) >= 11 is 0. The number of methoxy groups -OCH3 is 1. The van der Waals surface area contributed by atoms with Gasteiger partial charge < -0.3 is 19.6 Å². The van der Waals surface area contributed by atoms with Crippen molar-refractivity contribution in [3.05, 3.63) is 57.9 Å². The summed E-state index contributed by atoms with van der Waals surface area (Å²) in [5.41, 5.74) is 3.25. The van der Waals surface area contributed by atoms with E-state index in [-0.39, 0.29) is 30.3 Å². The summed E-state index contributed by atoms with van der Waals surface area (Å²) in [6, 6.07) is 5.82. The maximum absolute atomic E-state index is 13.5. The zero-order valence-corrected chi connectivity index (χ0v) is 21.6. The predicted molar refractivity (Wildman–Crippen MR) is 127 cm³/mol. The fraction of sp³-hybridized carbons (Fsp3) is 0.440. The first kappa shape index (κ1) is 30.5. The van der Waals surface area contributed by atoms with Gasteiger partial charge in [0, 0.05) is 28.8 Å². The molecular formula is C25H28F5N3O5. The molecule has 1 amide bonds. The molecule has 2 aromatic rings. The maximum atomic E-state index is 13.5. The van der Waals surface area contributed by atoms with Crippen molar-refractivity contribution >= 4 is 17.9 Å². The molecule has 0 bridgehead atoms. The molecule has 1 aromatic carbocycles. The van der Waals surface area contributed by atoms with Crippen molar-refractivity contribution in [1.82, 2.24) is 10.3 Å². The molecule has 8 nitrogen and oxygen atoms in total. The van der Waals surface area contributed by atoms with E-state index < -0.39 is 30.0 Å². The van der Waals surface area contributed by atoms with Crippen molar-refractivity contribution in [3.8, 4) is 5.75 Å². The van der Waals surface area contributed by atoms with E-state index in [0.29, 0.717) is 28.1 Å². The number of benzene rings is 1. The molecule has 2 rings (SSSR count). The SMILES string of the molecule is CCO/N=C(/NC(=O)C(F)(F)C(F)(F)F)c1ccc(Cc2c(C(C)C)nc(C)c(C)c2OC(=O)OC)cc1. The standard InChI is InChI=1S/C25H28F5N3O5/c1-7-37-33-21(32-22(34)24(26,27)25(28,29)30)17-10-8-16(9-11-17)12-18-19(13(2)3)31-15(5)14(4)20(18)38-23(35)36-6/h8-11,13H,7,12H2,1-6H3,(H,32,33,34). The van der Waals surface area contributed by atoms with Crippen LogP contribution in [0.4, 0.5) is 26.7 Å². The summed E-state index contributed by atoms with van der Waals surface area (Å²) in [6.07, 6.45) is -6.77.